The predicted molar refractivity (Wildman–Crippen MR) is 111 cm³/mol. The van der Waals surface area contributed by atoms with Crippen molar-refractivity contribution in [1.29, 1.82) is 0 Å². The minimum absolute atomic E-state index is 0.0891. The fourth-order valence-corrected chi connectivity index (χ4v) is 5.18. The largest absolute Gasteiger partial charge is 0.339 e. The Kier molecular flexibility index (Phi) is 5.31. The number of hydrogen-bond donors (Lipinski definition) is 0. The van der Waals surface area contributed by atoms with Crippen LogP contribution in [0.4, 0.5) is 0 Å². The van der Waals surface area contributed by atoms with Gasteiger partial charge in [0, 0.05) is 12.6 Å². The topological polar surface area (TPSA) is 55.2 Å². The molecule has 0 aliphatic carbocycles. The molecule has 5 nitrogen and oxygen atoms in total. The van der Waals surface area contributed by atoms with E-state index in [0.29, 0.717) is 21.1 Å². The van der Waals surface area contributed by atoms with Crippen LogP contribution in [0, 0.1) is 0 Å². The summed E-state index contributed by atoms with van der Waals surface area (Å²) in [5, 5.41) is 3.06. The lowest BCUT2D eigenvalue weighted by Gasteiger charge is -2.33. The minimum Gasteiger partial charge on any atom is -0.339 e. The molecule has 0 N–H and O–H groups in total. The van der Waals surface area contributed by atoms with Crippen molar-refractivity contribution in [2.24, 2.45) is 0 Å². The zero-order valence-corrected chi connectivity index (χ0v) is 16.8. The summed E-state index contributed by atoms with van der Waals surface area (Å²) in [7, 11) is 0. The molecule has 1 atom stereocenters. The van der Waals surface area contributed by atoms with Crippen LogP contribution in [0.1, 0.15) is 26.2 Å². The van der Waals surface area contributed by atoms with Gasteiger partial charge in [-0.3, -0.25) is 14.2 Å². The number of nitrogens with zero attached hydrogens (tertiary/aromatic N) is 3. The maximum Gasteiger partial charge on any atom is 0.267 e. The fourth-order valence-electron chi connectivity index (χ4n) is 3.47. The van der Waals surface area contributed by atoms with E-state index in [2.05, 4.69) is 11.9 Å². The highest BCUT2D eigenvalue weighted by Gasteiger charge is 2.24. The first kappa shape index (κ1) is 18.3. The summed E-state index contributed by atoms with van der Waals surface area (Å²) in [6.45, 7) is 2.93. The molecule has 27 heavy (non-hydrogen) atoms. The number of para-hydroxylation sites is 1. The van der Waals surface area contributed by atoms with E-state index >= 15 is 0 Å². The van der Waals surface area contributed by atoms with Crippen LogP contribution in [-0.4, -0.2) is 38.7 Å². The normalized spacial score (nSPS) is 17.4. The van der Waals surface area contributed by atoms with Crippen molar-refractivity contribution < 1.29 is 4.79 Å². The molecule has 0 spiro atoms. The second-order valence-corrected chi connectivity index (χ2v) is 8.57. The van der Waals surface area contributed by atoms with Crippen LogP contribution in [0.2, 0.25) is 0 Å². The van der Waals surface area contributed by atoms with E-state index in [1.807, 2.05) is 46.7 Å². The standard InChI is InChI=1S/C20H21N3O2S2/c1-14-7-5-6-11-22(14)17(24)13-27-20-21-18-16(10-12-26-18)19(25)23(20)15-8-3-2-4-9-15/h2-4,8-10,12,14H,5-7,11,13H2,1H3. The quantitative estimate of drug-likeness (QED) is 0.493. The van der Waals surface area contributed by atoms with E-state index < -0.39 is 0 Å². The van der Waals surface area contributed by atoms with Crippen molar-refractivity contribution in [3.05, 3.63) is 52.1 Å². The van der Waals surface area contributed by atoms with Gasteiger partial charge in [0.15, 0.2) is 5.16 Å². The maximum absolute atomic E-state index is 13.0. The third-order valence-corrected chi connectivity index (χ3v) is 6.66. The maximum atomic E-state index is 13.0. The highest BCUT2D eigenvalue weighted by molar-refractivity contribution is 7.99. The summed E-state index contributed by atoms with van der Waals surface area (Å²) in [5.41, 5.74) is 0.679. The monoisotopic (exact) mass is 399 g/mol. The molecule has 140 valence electrons. The Bertz CT molecular complexity index is 1010. The molecule has 1 amide bonds. The van der Waals surface area contributed by atoms with Crippen LogP contribution in [0.15, 0.2) is 51.7 Å². The van der Waals surface area contributed by atoms with E-state index in [1.165, 1.54) is 29.5 Å². The number of carbonyl (C=O) groups excluding carboxylic acids is 1. The predicted octanol–water partition coefficient (Wildman–Crippen LogP) is 3.94. The third-order valence-electron chi connectivity index (χ3n) is 4.93. The molecule has 1 aromatic carbocycles. The zero-order valence-electron chi connectivity index (χ0n) is 15.1. The molecule has 7 heteroatoms. The Balaban J connectivity index is 1.66. The first-order valence-electron chi connectivity index (χ1n) is 9.13. The van der Waals surface area contributed by atoms with Gasteiger partial charge in [0.2, 0.25) is 5.91 Å². The number of likely N-dealkylation sites (tertiary alicyclic amines) is 1. The Labute approximate surface area is 166 Å². The summed E-state index contributed by atoms with van der Waals surface area (Å²) >= 11 is 2.79. The second-order valence-electron chi connectivity index (χ2n) is 6.73. The molecule has 2 aromatic heterocycles. The van der Waals surface area contributed by atoms with E-state index in [-0.39, 0.29) is 17.5 Å². The SMILES string of the molecule is CC1CCCCN1C(=O)CSc1nc2sccc2c(=O)n1-c1ccccc1. The van der Waals surface area contributed by atoms with Gasteiger partial charge in [-0.1, -0.05) is 30.0 Å². The molecule has 1 fully saturated rings. The van der Waals surface area contributed by atoms with Crippen molar-refractivity contribution in [2.75, 3.05) is 12.3 Å². The molecular formula is C20H21N3O2S2. The molecular weight excluding hydrogens is 378 g/mol. The van der Waals surface area contributed by atoms with Gasteiger partial charge in [-0.15, -0.1) is 11.3 Å². The Morgan fingerprint density at radius 1 is 1.26 bits per heavy atom. The van der Waals surface area contributed by atoms with E-state index in [1.54, 1.807) is 4.57 Å². The lowest BCUT2D eigenvalue weighted by atomic mass is 10.0. The van der Waals surface area contributed by atoms with Gasteiger partial charge in [-0.25, -0.2) is 4.98 Å². The van der Waals surface area contributed by atoms with E-state index in [9.17, 15) is 9.59 Å². The number of piperidine rings is 1. The summed E-state index contributed by atoms with van der Waals surface area (Å²) in [4.78, 5) is 33.1. The number of hydrogen-bond acceptors (Lipinski definition) is 5. The van der Waals surface area contributed by atoms with Gasteiger partial charge < -0.3 is 4.90 Å². The fraction of sp³-hybridized carbons (Fsp3) is 0.350. The molecule has 0 bridgehead atoms. The zero-order chi connectivity index (χ0) is 18.8. The molecule has 1 saturated heterocycles. The second kappa shape index (κ2) is 7.86. The third kappa shape index (κ3) is 3.66. The Hall–Kier alpha value is -2.12. The number of thiophene rings is 1. The van der Waals surface area contributed by atoms with Crippen LogP contribution in [0.25, 0.3) is 15.9 Å². The summed E-state index contributed by atoms with van der Waals surface area (Å²) in [6.07, 6.45) is 3.31. The van der Waals surface area contributed by atoms with Crippen molar-refractivity contribution >= 4 is 39.2 Å². The Morgan fingerprint density at radius 3 is 2.85 bits per heavy atom. The number of amides is 1. The first-order valence-corrected chi connectivity index (χ1v) is 11.0. The smallest absolute Gasteiger partial charge is 0.267 e. The van der Waals surface area contributed by atoms with Crippen LogP contribution in [0.3, 0.4) is 0 Å². The van der Waals surface area contributed by atoms with E-state index in [4.69, 9.17) is 0 Å². The minimum atomic E-state index is -0.0891. The van der Waals surface area contributed by atoms with Gasteiger partial charge in [-0.05, 0) is 49.8 Å². The van der Waals surface area contributed by atoms with Gasteiger partial charge in [-0.2, -0.15) is 0 Å². The van der Waals surface area contributed by atoms with Gasteiger partial charge in [0.1, 0.15) is 4.83 Å². The summed E-state index contributed by atoms with van der Waals surface area (Å²) < 4.78 is 1.62. The average molecular weight is 400 g/mol. The molecule has 1 aliphatic heterocycles. The average Bonchev–Trinajstić information content (AvgIpc) is 3.16. The Morgan fingerprint density at radius 2 is 2.07 bits per heavy atom. The molecule has 4 rings (SSSR count). The molecule has 3 aromatic rings. The number of carbonyl (C=O) groups is 1. The van der Waals surface area contributed by atoms with Crippen molar-refractivity contribution in [1.82, 2.24) is 14.5 Å². The van der Waals surface area contributed by atoms with E-state index in [0.717, 1.165) is 25.1 Å². The van der Waals surface area contributed by atoms with Gasteiger partial charge in [0.05, 0.1) is 16.8 Å². The highest BCUT2D eigenvalue weighted by Crippen LogP contribution is 2.25. The highest BCUT2D eigenvalue weighted by atomic mass is 32.2. The van der Waals surface area contributed by atoms with Crippen molar-refractivity contribution in [3.8, 4) is 5.69 Å². The van der Waals surface area contributed by atoms with Gasteiger partial charge in [0.25, 0.3) is 5.56 Å². The molecule has 3 heterocycles. The van der Waals surface area contributed by atoms with Crippen LogP contribution >= 0.6 is 23.1 Å². The number of thioether (sulfide) groups is 1. The van der Waals surface area contributed by atoms with Crippen molar-refractivity contribution in [3.63, 3.8) is 0 Å². The molecule has 1 unspecified atom stereocenters. The number of rotatable bonds is 4. The number of aromatic nitrogens is 2. The number of fused-ring (bicyclic) bond motifs is 1. The lowest BCUT2D eigenvalue weighted by Crippen LogP contribution is -2.43. The first-order chi connectivity index (χ1) is 13.1. The van der Waals surface area contributed by atoms with Crippen LogP contribution in [0.5, 0.6) is 0 Å². The van der Waals surface area contributed by atoms with Crippen LogP contribution in [-0.2, 0) is 4.79 Å². The van der Waals surface area contributed by atoms with Crippen LogP contribution < -0.4 is 5.56 Å². The van der Waals surface area contributed by atoms with Crippen molar-refractivity contribution in [2.45, 2.75) is 37.4 Å². The molecule has 0 saturated carbocycles. The number of benzene rings is 1. The lowest BCUT2D eigenvalue weighted by molar-refractivity contribution is -0.131. The molecule has 0 radical (unpaired) electrons. The summed E-state index contributed by atoms with van der Waals surface area (Å²) in [6, 6.07) is 11.6. The van der Waals surface area contributed by atoms with Gasteiger partial charge >= 0.3 is 0 Å². The molecule has 1 aliphatic rings. The summed E-state index contributed by atoms with van der Waals surface area (Å²) in [5.74, 6) is 0.410.